The number of imidazole rings is 1. The fraction of sp³-hybridized carbons (Fsp3) is 0.854. The average molecular weight is 706 g/mol. The van der Waals surface area contributed by atoms with E-state index in [1.807, 2.05) is 0 Å². The van der Waals surface area contributed by atoms with Gasteiger partial charge in [-0.1, -0.05) is 168 Å². The molecule has 1 aromatic heterocycles. The maximum atomic E-state index is 13.6. The van der Waals surface area contributed by atoms with E-state index in [2.05, 4.69) is 23.8 Å². The van der Waals surface area contributed by atoms with Crippen molar-refractivity contribution in [2.45, 2.75) is 217 Å². The van der Waals surface area contributed by atoms with Gasteiger partial charge < -0.3 is 26.0 Å². The molecule has 2 atom stereocenters. The molecule has 0 bridgehead atoms. The molecule has 290 valence electrons. The Balaban J connectivity index is 2.66. The van der Waals surface area contributed by atoms with Crippen LogP contribution in [0.5, 0.6) is 0 Å². The molecule has 0 spiro atoms. The molecule has 0 saturated carbocycles. The van der Waals surface area contributed by atoms with Gasteiger partial charge in [-0.2, -0.15) is 0 Å². The Morgan fingerprint density at radius 2 is 0.980 bits per heavy atom. The number of hydrogen-bond donors (Lipinski definition) is 5. The van der Waals surface area contributed by atoms with Crippen molar-refractivity contribution in [1.82, 2.24) is 9.97 Å². The van der Waals surface area contributed by atoms with Crippen LogP contribution in [0, 0.1) is 0 Å². The number of nitrogens with one attached hydrogen (secondary N) is 1. The van der Waals surface area contributed by atoms with E-state index in [4.69, 9.17) is 5.73 Å². The lowest BCUT2D eigenvalue weighted by Gasteiger charge is -2.40. The number of carbonyl (C=O) groups is 3. The van der Waals surface area contributed by atoms with E-state index in [0.717, 1.165) is 51.4 Å². The van der Waals surface area contributed by atoms with Crippen LogP contribution in [0.1, 0.15) is 199 Å². The molecule has 9 nitrogen and oxygen atoms in total. The molecule has 1 heterocycles. The summed E-state index contributed by atoms with van der Waals surface area (Å²) in [5, 5.41) is 33.7. The average Bonchev–Trinajstić information content (AvgIpc) is 3.63. The molecule has 0 saturated heterocycles. The first kappa shape index (κ1) is 46.1. The Bertz CT molecular complexity index is 958. The highest BCUT2D eigenvalue weighted by atomic mass is 16.4. The highest BCUT2D eigenvalue weighted by Gasteiger charge is 2.63. The third-order valence-corrected chi connectivity index (χ3v) is 10.4. The number of H-pyrrole nitrogens is 1. The predicted octanol–water partition coefficient (Wildman–Crippen LogP) is 8.40. The van der Waals surface area contributed by atoms with E-state index in [1.54, 1.807) is 0 Å². The number of ketones is 3. The van der Waals surface area contributed by atoms with Gasteiger partial charge in [-0.25, -0.2) is 4.98 Å². The number of carbonyl (C=O) groups excluding carboxylic acids is 3. The zero-order chi connectivity index (χ0) is 36.9. The Labute approximate surface area is 304 Å². The second-order valence-corrected chi connectivity index (χ2v) is 14.8. The number of aliphatic hydroxyl groups excluding tert-OH is 1. The van der Waals surface area contributed by atoms with Gasteiger partial charge in [0.25, 0.3) is 0 Å². The molecule has 6 N–H and O–H groups in total. The van der Waals surface area contributed by atoms with Crippen molar-refractivity contribution in [2.75, 3.05) is 6.61 Å². The Morgan fingerprint density at radius 1 is 0.640 bits per heavy atom. The quantitative estimate of drug-likeness (QED) is 0.0343. The largest absolute Gasteiger partial charge is 0.393 e. The van der Waals surface area contributed by atoms with E-state index in [0.29, 0.717) is 18.5 Å². The van der Waals surface area contributed by atoms with Crippen molar-refractivity contribution in [2.24, 2.45) is 5.73 Å². The molecule has 0 aromatic carbocycles. The maximum Gasteiger partial charge on any atom is 0.219 e. The number of aliphatic hydroxyl groups is 3. The minimum Gasteiger partial charge on any atom is -0.393 e. The molecule has 0 aliphatic rings. The minimum atomic E-state index is -3.07. The van der Waals surface area contributed by atoms with Gasteiger partial charge >= 0.3 is 0 Å². The second-order valence-electron chi connectivity index (χ2n) is 14.8. The minimum absolute atomic E-state index is 0.0721. The maximum absolute atomic E-state index is 13.6. The summed E-state index contributed by atoms with van der Waals surface area (Å²) in [7, 11) is 0. The Kier molecular flexibility index (Phi) is 26.4. The second kappa shape index (κ2) is 28.6. The van der Waals surface area contributed by atoms with Crippen molar-refractivity contribution in [3.63, 3.8) is 0 Å². The van der Waals surface area contributed by atoms with Crippen molar-refractivity contribution in [3.05, 3.63) is 18.2 Å². The number of aromatic nitrogens is 2. The number of aromatic amines is 1. The summed E-state index contributed by atoms with van der Waals surface area (Å²) in [6.45, 7) is 3.16. The van der Waals surface area contributed by atoms with Gasteiger partial charge in [-0.15, -0.1) is 0 Å². The monoisotopic (exact) mass is 706 g/mol. The van der Waals surface area contributed by atoms with Crippen molar-refractivity contribution < 1.29 is 29.7 Å². The number of unbranched alkanes of at least 4 members (excludes halogenated alkanes) is 24. The topological polar surface area (TPSA) is 167 Å². The molecule has 0 aliphatic carbocycles. The van der Waals surface area contributed by atoms with E-state index in [1.165, 1.54) is 115 Å². The lowest BCUT2D eigenvalue weighted by Crippen LogP contribution is -2.72. The van der Waals surface area contributed by atoms with Crippen molar-refractivity contribution >= 4 is 17.3 Å². The SMILES string of the molecule is CCCCCCCCCCCCCCCC(=O)C(O)(C(=O)CCCCCCCCCCCCCCC)C(O)(CO)C(=O)[C@@H](N)Cc1cnc[nH]1. The summed E-state index contributed by atoms with van der Waals surface area (Å²) < 4.78 is 0. The highest BCUT2D eigenvalue weighted by Crippen LogP contribution is 2.31. The molecule has 1 unspecified atom stereocenters. The van der Waals surface area contributed by atoms with Crippen LogP contribution in [0.3, 0.4) is 0 Å². The van der Waals surface area contributed by atoms with E-state index in [9.17, 15) is 29.7 Å². The van der Waals surface area contributed by atoms with Gasteiger partial charge in [0.15, 0.2) is 23.0 Å². The molecule has 1 rings (SSSR count). The summed E-state index contributed by atoms with van der Waals surface area (Å²) in [5.41, 5.74) is 0.503. The molecule has 9 heteroatoms. The molecule has 50 heavy (non-hydrogen) atoms. The number of rotatable bonds is 36. The number of Topliss-reactive ketones (excluding diaryl/α,β-unsaturated/α-hetero) is 3. The van der Waals surface area contributed by atoms with Crippen molar-refractivity contribution in [3.8, 4) is 0 Å². The Hall–Kier alpha value is -1.94. The Morgan fingerprint density at radius 3 is 1.28 bits per heavy atom. The van der Waals surface area contributed by atoms with Crippen LogP contribution in [0.4, 0.5) is 0 Å². The summed E-state index contributed by atoms with van der Waals surface area (Å²) in [4.78, 5) is 47.5. The van der Waals surface area contributed by atoms with Crippen LogP contribution in [0.15, 0.2) is 12.5 Å². The van der Waals surface area contributed by atoms with Crippen LogP contribution in [0.25, 0.3) is 0 Å². The lowest BCUT2D eigenvalue weighted by atomic mass is 9.70. The van der Waals surface area contributed by atoms with Crippen LogP contribution >= 0.6 is 0 Å². The number of nitrogens with two attached hydrogens (primary N) is 1. The van der Waals surface area contributed by atoms with Crippen LogP contribution in [-0.4, -0.2) is 66.5 Å². The summed E-state index contributed by atoms with van der Waals surface area (Å²) in [6, 6.07) is -1.38. The van der Waals surface area contributed by atoms with Crippen LogP contribution in [-0.2, 0) is 20.8 Å². The fourth-order valence-corrected chi connectivity index (χ4v) is 6.99. The van der Waals surface area contributed by atoms with Gasteiger partial charge in [-0.3, -0.25) is 14.4 Å². The number of hydrogen-bond acceptors (Lipinski definition) is 8. The molecule has 0 amide bonds. The van der Waals surface area contributed by atoms with E-state index in [-0.39, 0.29) is 19.3 Å². The van der Waals surface area contributed by atoms with Crippen molar-refractivity contribution in [1.29, 1.82) is 0 Å². The molecule has 1 aromatic rings. The summed E-state index contributed by atoms with van der Waals surface area (Å²) in [6.07, 6.45) is 31.5. The van der Waals surface area contributed by atoms with Crippen LogP contribution < -0.4 is 5.73 Å². The van der Waals surface area contributed by atoms with Gasteiger partial charge in [0.2, 0.25) is 5.60 Å². The molecular formula is C41H75N3O6. The first-order chi connectivity index (χ1) is 24.2. The van der Waals surface area contributed by atoms with Crippen LogP contribution in [0.2, 0.25) is 0 Å². The van der Waals surface area contributed by atoms with Gasteiger partial charge in [-0.05, 0) is 12.8 Å². The third kappa shape index (κ3) is 17.5. The zero-order valence-corrected chi connectivity index (χ0v) is 32.0. The smallest absolute Gasteiger partial charge is 0.219 e. The molecule has 0 fully saturated rings. The third-order valence-electron chi connectivity index (χ3n) is 10.4. The molecule has 0 aliphatic heterocycles. The first-order valence-corrected chi connectivity index (χ1v) is 20.6. The van der Waals surface area contributed by atoms with Gasteiger partial charge in [0, 0.05) is 31.2 Å². The normalized spacial score (nSPS) is 13.7. The predicted molar refractivity (Wildman–Crippen MR) is 203 cm³/mol. The van der Waals surface area contributed by atoms with E-state index >= 15 is 0 Å². The summed E-state index contributed by atoms with van der Waals surface area (Å²) in [5.74, 6) is -3.01. The highest BCUT2D eigenvalue weighted by molar-refractivity contribution is 6.17. The lowest BCUT2D eigenvalue weighted by molar-refractivity contribution is -0.194. The zero-order valence-electron chi connectivity index (χ0n) is 32.0. The molecular weight excluding hydrogens is 630 g/mol. The fourth-order valence-electron chi connectivity index (χ4n) is 6.99. The number of nitrogens with zero attached hydrogens (tertiary/aromatic N) is 1. The van der Waals surface area contributed by atoms with Gasteiger partial charge in [0.05, 0.1) is 19.0 Å². The molecule has 0 radical (unpaired) electrons. The first-order valence-electron chi connectivity index (χ1n) is 20.6. The van der Waals surface area contributed by atoms with Gasteiger partial charge in [0.1, 0.15) is 0 Å². The summed E-state index contributed by atoms with van der Waals surface area (Å²) >= 11 is 0. The standard InChI is InChI=1S/C41H75N3O6/c1-3-5-7-9-11-13-15-17-19-21-23-25-27-29-37(46)41(50,40(49,33-45)39(48)36(42)31-35-32-43-34-44-35)38(47)30-28-26-24-22-20-18-16-14-12-10-8-6-4-2/h32,34,36,45,49-50H,3-31,33,42H2,1-2H3,(H,43,44)/t36-,40?/m0/s1. The van der Waals surface area contributed by atoms with E-state index < -0.39 is 41.2 Å².